The van der Waals surface area contributed by atoms with Crippen molar-refractivity contribution in [3.05, 3.63) is 28.8 Å². The van der Waals surface area contributed by atoms with Crippen LogP contribution in [0.15, 0.2) is 18.2 Å². The van der Waals surface area contributed by atoms with Crippen LogP contribution in [0.25, 0.3) is 0 Å². The normalized spacial score (nSPS) is 12.9. The number of anilines is 1. The molecule has 130 valence electrons. The van der Waals surface area contributed by atoms with E-state index in [0.29, 0.717) is 23.4 Å². The molecule has 0 aliphatic rings. The minimum atomic E-state index is -0.479. The van der Waals surface area contributed by atoms with Crippen LogP contribution < -0.4 is 10.6 Å². The van der Waals surface area contributed by atoms with Gasteiger partial charge in [-0.3, -0.25) is 0 Å². The Hall–Kier alpha value is -1.42. The van der Waals surface area contributed by atoms with Crippen LogP contribution in [0.3, 0.4) is 0 Å². The number of halogens is 1. The SMILES string of the molecule is Cc1ccc(Cl)cc1NCC(CNC(=O)OC(C)(C)C)C(C)C. The van der Waals surface area contributed by atoms with Crippen molar-refractivity contribution in [2.75, 3.05) is 18.4 Å². The molecule has 0 aliphatic heterocycles. The molecule has 1 atom stereocenters. The molecule has 0 heterocycles. The van der Waals surface area contributed by atoms with Crippen molar-refractivity contribution in [2.45, 2.75) is 47.1 Å². The lowest BCUT2D eigenvalue weighted by molar-refractivity contribution is 0.0516. The molecule has 2 N–H and O–H groups in total. The zero-order valence-corrected chi connectivity index (χ0v) is 15.8. The van der Waals surface area contributed by atoms with Gasteiger partial charge >= 0.3 is 6.09 Å². The van der Waals surface area contributed by atoms with Crippen LogP contribution in [0.4, 0.5) is 10.5 Å². The van der Waals surface area contributed by atoms with Gasteiger partial charge in [0.05, 0.1) is 0 Å². The van der Waals surface area contributed by atoms with E-state index in [4.69, 9.17) is 16.3 Å². The first-order chi connectivity index (χ1) is 10.6. The Morgan fingerprint density at radius 2 is 1.91 bits per heavy atom. The molecule has 1 aromatic rings. The molecule has 1 rings (SSSR count). The van der Waals surface area contributed by atoms with Crippen molar-refractivity contribution in [3.8, 4) is 0 Å². The van der Waals surface area contributed by atoms with Crippen molar-refractivity contribution in [3.63, 3.8) is 0 Å². The molecule has 0 saturated carbocycles. The van der Waals surface area contributed by atoms with Crippen LogP contribution in [0.1, 0.15) is 40.2 Å². The van der Waals surface area contributed by atoms with Gasteiger partial charge in [0.15, 0.2) is 0 Å². The number of ether oxygens (including phenoxy) is 1. The summed E-state index contributed by atoms with van der Waals surface area (Å²) in [5, 5.41) is 7.00. The lowest BCUT2D eigenvalue weighted by Gasteiger charge is -2.25. The maximum absolute atomic E-state index is 11.8. The van der Waals surface area contributed by atoms with Crippen LogP contribution in [0.5, 0.6) is 0 Å². The van der Waals surface area contributed by atoms with E-state index in [9.17, 15) is 4.79 Å². The predicted molar refractivity (Wildman–Crippen MR) is 97.2 cm³/mol. The third-order valence-corrected chi connectivity index (χ3v) is 3.84. The third-order valence-electron chi connectivity index (χ3n) is 3.60. The zero-order chi connectivity index (χ0) is 17.6. The van der Waals surface area contributed by atoms with Crippen LogP contribution in [-0.2, 0) is 4.74 Å². The van der Waals surface area contributed by atoms with Crippen molar-refractivity contribution in [2.24, 2.45) is 11.8 Å². The summed E-state index contributed by atoms with van der Waals surface area (Å²) in [6.45, 7) is 13.2. The summed E-state index contributed by atoms with van der Waals surface area (Å²) in [4.78, 5) is 11.8. The first-order valence-corrected chi connectivity index (χ1v) is 8.43. The molecule has 0 bridgehead atoms. The maximum atomic E-state index is 11.8. The Balaban J connectivity index is 2.56. The van der Waals surface area contributed by atoms with Gasteiger partial charge in [-0.25, -0.2) is 4.79 Å². The summed E-state index contributed by atoms with van der Waals surface area (Å²) in [6.07, 6.45) is -0.373. The highest BCUT2D eigenvalue weighted by Crippen LogP contribution is 2.21. The Labute approximate surface area is 144 Å². The second-order valence-corrected chi connectivity index (χ2v) is 7.66. The van der Waals surface area contributed by atoms with E-state index in [0.717, 1.165) is 17.8 Å². The highest BCUT2D eigenvalue weighted by molar-refractivity contribution is 6.30. The molecule has 0 fully saturated rings. The van der Waals surface area contributed by atoms with Gasteiger partial charge in [0, 0.05) is 23.8 Å². The van der Waals surface area contributed by atoms with Crippen molar-refractivity contribution in [1.82, 2.24) is 5.32 Å². The molecule has 0 saturated heterocycles. The van der Waals surface area contributed by atoms with Crippen LogP contribution in [-0.4, -0.2) is 24.8 Å². The number of aryl methyl sites for hydroxylation is 1. The molecule has 5 heteroatoms. The Morgan fingerprint density at radius 3 is 2.48 bits per heavy atom. The lowest BCUT2D eigenvalue weighted by Crippen LogP contribution is -2.38. The Morgan fingerprint density at radius 1 is 1.26 bits per heavy atom. The van der Waals surface area contributed by atoms with Gasteiger partial charge in [-0.1, -0.05) is 31.5 Å². The first kappa shape index (κ1) is 19.6. The Kier molecular flexibility index (Phi) is 7.20. The summed E-state index contributed by atoms with van der Waals surface area (Å²) < 4.78 is 5.28. The number of carbonyl (C=O) groups is 1. The standard InChI is InChI=1S/C18H29ClN2O2/c1-12(2)14(11-21-17(22)23-18(4,5)6)10-20-16-9-15(19)8-7-13(16)3/h7-9,12,14,20H,10-11H2,1-6H3,(H,21,22). The van der Waals surface area contributed by atoms with Gasteiger partial charge < -0.3 is 15.4 Å². The van der Waals surface area contributed by atoms with Crippen LogP contribution >= 0.6 is 11.6 Å². The van der Waals surface area contributed by atoms with E-state index in [1.54, 1.807) is 0 Å². The number of benzene rings is 1. The minimum absolute atomic E-state index is 0.292. The molecule has 0 aliphatic carbocycles. The van der Waals surface area contributed by atoms with E-state index in [2.05, 4.69) is 24.5 Å². The summed E-state index contributed by atoms with van der Waals surface area (Å²) >= 11 is 6.05. The monoisotopic (exact) mass is 340 g/mol. The zero-order valence-electron chi connectivity index (χ0n) is 15.0. The van der Waals surface area contributed by atoms with E-state index in [1.165, 1.54) is 0 Å². The fourth-order valence-electron chi connectivity index (χ4n) is 2.10. The van der Waals surface area contributed by atoms with Gasteiger partial charge in [-0.15, -0.1) is 0 Å². The summed E-state index contributed by atoms with van der Waals surface area (Å²) in [5.74, 6) is 0.720. The van der Waals surface area contributed by atoms with Crippen molar-refractivity contribution >= 4 is 23.4 Å². The van der Waals surface area contributed by atoms with Gasteiger partial charge in [0.2, 0.25) is 0 Å². The number of alkyl carbamates (subject to hydrolysis) is 1. The van der Waals surface area contributed by atoms with Crippen molar-refractivity contribution in [1.29, 1.82) is 0 Å². The fourth-order valence-corrected chi connectivity index (χ4v) is 2.27. The Bertz CT molecular complexity index is 524. The molecule has 0 radical (unpaired) electrons. The molecular formula is C18H29ClN2O2. The quantitative estimate of drug-likeness (QED) is 0.777. The molecule has 1 unspecified atom stereocenters. The maximum Gasteiger partial charge on any atom is 0.407 e. The van der Waals surface area contributed by atoms with E-state index >= 15 is 0 Å². The topological polar surface area (TPSA) is 50.4 Å². The molecule has 23 heavy (non-hydrogen) atoms. The highest BCUT2D eigenvalue weighted by atomic mass is 35.5. The second-order valence-electron chi connectivity index (χ2n) is 7.23. The van der Waals surface area contributed by atoms with Crippen LogP contribution in [0, 0.1) is 18.8 Å². The molecule has 0 aromatic heterocycles. The van der Waals surface area contributed by atoms with E-state index in [-0.39, 0.29) is 6.09 Å². The number of rotatable bonds is 6. The molecule has 4 nitrogen and oxygen atoms in total. The van der Waals surface area contributed by atoms with Gasteiger partial charge in [0.25, 0.3) is 0 Å². The minimum Gasteiger partial charge on any atom is -0.444 e. The number of nitrogens with one attached hydrogen (secondary N) is 2. The number of hydrogen-bond donors (Lipinski definition) is 2. The van der Waals surface area contributed by atoms with Gasteiger partial charge in [-0.2, -0.15) is 0 Å². The van der Waals surface area contributed by atoms with Crippen LogP contribution in [0.2, 0.25) is 5.02 Å². The van der Waals surface area contributed by atoms with E-state index < -0.39 is 5.60 Å². The average molecular weight is 341 g/mol. The number of amides is 1. The predicted octanol–water partition coefficient (Wildman–Crippen LogP) is 4.86. The third kappa shape index (κ3) is 7.60. The number of carbonyl (C=O) groups excluding carboxylic acids is 1. The second kappa shape index (κ2) is 8.44. The van der Waals surface area contributed by atoms with Crippen molar-refractivity contribution < 1.29 is 9.53 Å². The lowest BCUT2D eigenvalue weighted by atomic mass is 9.95. The highest BCUT2D eigenvalue weighted by Gasteiger charge is 2.19. The van der Waals surface area contributed by atoms with Gasteiger partial charge in [0.1, 0.15) is 5.60 Å². The first-order valence-electron chi connectivity index (χ1n) is 8.05. The summed E-state index contributed by atoms with van der Waals surface area (Å²) in [7, 11) is 0. The average Bonchev–Trinajstić information content (AvgIpc) is 2.40. The van der Waals surface area contributed by atoms with E-state index in [1.807, 2.05) is 45.9 Å². The molecule has 1 amide bonds. The smallest absolute Gasteiger partial charge is 0.407 e. The summed E-state index contributed by atoms with van der Waals surface area (Å²) in [6, 6.07) is 5.80. The fraction of sp³-hybridized carbons (Fsp3) is 0.611. The summed E-state index contributed by atoms with van der Waals surface area (Å²) in [5.41, 5.74) is 1.70. The largest absolute Gasteiger partial charge is 0.444 e. The molecule has 1 aromatic carbocycles. The molecule has 0 spiro atoms. The number of hydrogen-bond acceptors (Lipinski definition) is 3. The molecular weight excluding hydrogens is 312 g/mol. The van der Waals surface area contributed by atoms with Gasteiger partial charge in [-0.05, 0) is 57.2 Å².